The minimum Gasteiger partial charge on any atom is -0.462 e. The van der Waals surface area contributed by atoms with Gasteiger partial charge >= 0.3 is 12.1 Å². The summed E-state index contributed by atoms with van der Waals surface area (Å²) in [5, 5.41) is 2.60. The molecule has 3 aliphatic heterocycles. The summed E-state index contributed by atoms with van der Waals surface area (Å²) in [6.07, 6.45) is 3.74. The number of piperazine rings is 1. The minimum absolute atomic E-state index is 0.0733. The number of aromatic nitrogens is 2. The van der Waals surface area contributed by atoms with Crippen LogP contribution in [0.1, 0.15) is 57.4 Å². The average Bonchev–Trinajstić information content (AvgIpc) is 3.27. The quantitative estimate of drug-likeness (QED) is 0.382. The number of anilines is 2. The maximum Gasteiger partial charge on any atom is 0.410 e. The third kappa shape index (κ3) is 6.43. The van der Waals surface area contributed by atoms with Crippen LogP contribution in [0.2, 0.25) is 0 Å². The van der Waals surface area contributed by atoms with E-state index in [9.17, 15) is 4.79 Å². The Labute approximate surface area is 262 Å². The monoisotopic (exact) mass is 600 g/mol. The maximum atomic E-state index is 12.9. The van der Waals surface area contributed by atoms with Gasteiger partial charge in [0.05, 0.1) is 5.69 Å². The molecule has 6 rings (SSSR count). The second kappa shape index (κ2) is 12.4. The molecule has 0 saturated carbocycles. The van der Waals surface area contributed by atoms with Crippen molar-refractivity contribution < 1.29 is 14.3 Å². The number of benzene rings is 2. The smallest absolute Gasteiger partial charge is 0.410 e. The molecule has 2 aromatic carbocycles. The van der Waals surface area contributed by atoms with Gasteiger partial charge in [0, 0.05) is 67.9 Å². The molecule has 2 saturated heterocycles. The molecule has 1 aromatic heterocycles. The van der Waals surface area contributed by atoms with E-state index in [0.717, 1.165) is 50.4 Å². The topological polar surface area (TPSA) is 74.3 Å². The van der Waals surface area contributed by atoms with Crippen molar-refractivity contribution in [2.75, 3.05) is 62.7 Å². The summed E-state index contributed by atoms with van der Waals surface area (Å²) in [7, 11) is 2.17. The highest BCUT2D eigenvalue weighted by Gasteiger charge is 2.33. The van der Waals surface area contributed by atoms with Crippen molar-refractivity contribution in [2.24, 2.45) is 0 Å². The van der Waals surface area contributed by atoms with Crippen LogP contribution in [-0.2, 0) is 17.6 Å². The first-order chi connectivity index (χ1) is 21.1. The van der Waals surface area contributed by atoms with Crippen LogP contribution >= 0.6 is 0 Å². The van der Waals surface area contributed by atoms with Crippen molar-refractivity contribution in [2.45, 2.75) is 78.0 Å². The van der Waals surface area contributed by atoms with Crippen LogP contribution in [0.25, 0.3) is 10.8 Å². The fraction of sp³-hybridized carbons (Fsp3) is 0.571. The molecular weight excluding hydrogens is 552 g/mol. The Hall–Kier alpha value is -3.59. The molecule has 3 aliphatic rings. The second-order valence-electron chi connectivity index (χ2n) is 13.7. The Morgan fingerprint density at radius 3 is 2.50 bits per heavy atom. The summed E-state index contributed by atoms with van der Waals surface area (Å²) in [4.78, 5) is 32.1. The van der Waals surface area contributed by atoms with Crippen LogP contribution in [0.5, 0.6) is 6.01 Å². The van der Waals surface area contributed by atoms with Crippen molar-refractivity contribution in [3.8, 4) is 6.01 Å². The third-order valence-electron chi connectivity index (χ3n) is 9.36. The highest BCUT2D eigenvalue weighted by atomic mass is 16.6. The Bertz CT molecular complexity index is 1500. The summed E-state index contributed by atoms with van der Waals surface area (Å²) < 4.78 is 12.0. The molecule has 0 aliphatic carbocycles. The highest BCUT2D eigenvalue weighted by Crippen LogP contribution is 2.34. The summed E-state index contributed by atoms with van der Waals surface area (Å²) in [6.45, 7) is 15.4. The Morgan fingerprint density at radius 2 is 1.77 bits per heavy atom. The van der Waals surface area contributed by atoms with E-state index < -0.39 is 5.60 Å². The summed E-state index contributed by atoms with van der Waals surface area (Å²) in [5.41, 5.74) is 4.33. The molecule has 0 bridgehead atoms. The first-order valence-electron chi connectivity index (χ1n) is 16.3. The van der Waals surface area contributed by atoms with Gasteiger partial charge in [0.25, 0.3) is 0 Å². The molecular formula is C35H48N6O3. The van der Waals surface area contributed by atoms with E-state index in [1.807, 2.05) is 25.7 Å². The first-order valence-corrected chi connectivity index (χ1v) is 16.3. The molecule has 0 radical (unpaired) electrons. The molecule has 4 heterocycles. The fourth-order valence-corrected chi connectivity index (χ4v) is 6.99. The van der Waals surface area contributed by atoms with Crippen molar-refractivity contribution in [3.05, 3.63) is 53.2 Å². The van der Waals surface area contributed by atoms with Crippen molar-refractivity contribution in [3.63, 3.8) is 0 Å². The SMILES string of the molecule is Cc1cccc2cccc(N3CCc4nc(OC[C@@H]5CCCN5C)nc(N5CCN(C(=O)OC(C)(C)C)C[C@@H]5C)c4CC3)c12. The van der Waals surface area contributed by atoms with Gasteiger partial charge in [-0.3, -0.25) is 0 Å². The molecule has 0 spiro atoms. The number of nitrogens with zero attached hydrogens (tertiary/aromatic N) is 6. The number of carbonyl (C=O) groups is 1. The lowest BCUT2D eigenvalue weighted by molar-refractivity contribution is 0.0218. The number of amides is 1. The minimum atomic E-state index is -0.518. The third-order valence-corrected chi connectivity index (χ3v) is 9.36. The van der Waals surface area contributed by atoms with E-state index in [1.165, 1.54) is 34.0 Å². The molecule has 0 N–H and O–H groups in total. The van der Waals surface area contributed by atoms with Gasteiger partial charge in [-0.15, -0.1) is 0 Å². The number of hydrogen-bond acceptors (Lipinski definition) is 8. The summed E-state index contributed by atoms with van der Waals surface area (Å²) >= 11 is 0. The number of carbonyl (C=O) groups excluding carboxylic acids is 1. The predicted molar refractivity (Wildman–Crippen MR) is 176 cm³/mol. The van der Waals surface area contributed by atoms with Gasteiger partial charge in [-0.2, -0.15) is 9.97 Å². The average molecular weight is 601 g/mol. The van der Waals surface area contributed by atoms with E-state index in [-0.39, 0.29) is 12.1 Å². The second-order valence-corrected chi connectivity index (χ2v) is 13.7. The standard InChI is InChI=1S/C35H48N6O3/c1-24-10-7-11-26-12-8-14-30(31(24)26)39-18-15-28-29(16-19-39)36-33(43-23-27-13-9-17-38(27)6)37-32(28)41-21-20-40(22-25(41)2)34(42)44-35(3,4)5/h7-8,10-12,14,25,27H,9,13,15-23H2,1-6H3/t25-,27-/m0/s1. The molecule has 2 atom stereocenters. The summed E-state index contributed by atoms with van der Waals surface area (Å²) in [5.74, 6) is 0.956. The van der Waals surface area contributed by atoms with Crippen LogP contribution in [-0.4, -0.2) is 96.5 Å². The normalized spacial score (nSPS) is 21.4. The number of rotatable bonds is 5. The van der Waals surface area contributed by atoms with Crippen LogP contribution < -0.4 is 14.5 Å². The van der Waals surface area contributed by atoms with Gasteiger partial charge < -0.3 is 29.1 Å². The number of ether oxygens (including phenoxy) is 2. The van der Waals surface area contributed by atoms with E-state index in [2.05, 4.69) is 72.0 Å². The van der Waals surface area contributed by atoms with E-state index in [4.69, 9.17) is 19.4 Å². The number of likely N-dealkylation sites (tertiary alicyclic amines) is 1. The first kappa shape index (κ1) is 30.4. The number of fused-ring (bicyclic) bond motifs is 2. The van der Waals surface area contributed by atoms with Gasteiger partial charge in [-0.05, 0) is 84.5 Å². The van der Waals surface area contributed by atoms with Gasteiger partial charge in [0.1, 0.15) is 18.0 Å². The molecule has 3 aromatic rings. The van der Waals surface area contributed by atoms with E-state index in [0.29, 0.717) is 38.3 Å². The van der Waals surface area contributed by atoms with Crippen molar-refractivity contribution in [1.29, 1.82) is 0 Å². The van der Waals surface area contributed by atoms with E-state index >= 15 is 0 Å². The fourth-order valence-electron chi connectivity index (χ4n) is 6.99. The lowest BCUT2D eigenvalue weighted by Gasteiger charge is -2.41. The molecule has 44 heavy (non-hydrogen) atoms. The van der Waals surface area contributed by atoms with Crippen LogP contribution in [0.4, 0.5) is 16.3 Å². The van der Waals surface area contributed by atoms with Crippen LogP contribution in [0, 0.1) is 6.92 Å². The molecule has 9 nitrogen and oxygen atoms in total. The zero-order valence-electron chi connectivity index (χ0n) is 27.3. The number of hydrogen-bond donors (Lipinski definition) is 0. The highest BCUT2D eigenvalue weighted by molar-refractivity contribution is 5.97. The Balaban J connectivity index is 1.28. The van der Waals surface area contributed by atoms with Gasteiger partial charge in [0.2, 0.25) is 0 Å². The maximum absolute atomic E-state index is 12.9. The van der Waals surface area contributed by atoms with Gasteiger partial charge in [0.15, 0.2) is 0 Å². The molecule has 1 amide bonds. The van der Waals surface area contributed by atoms with Crippen LogP contribution in [0.15, 0.2) is 36.4 Å². The molecule has 0 unspecified atom stereocenters. The van der Waals surface area contributed by atoms with Crippen molar-refractivity contribution in [1.82, 2.24) is 19.8 Å². The number of likely N-dealkylation sites (N-methyl/N-ethyl adjacent to an activating group) is 1. The van der Waals surface area contributed by atoms with Crippen LogP contribution in [0.3, 0.4) is 0 Å². The summed E-state index contributed by atoms with van der Waals surface area (Å²) in [6, 6.07) is 14.1. The van der Waals surface area contributed by atoms with Gasteiger partial charge in [-0.1, -0.05) is 30.3 Å². The van der Waals surface area contributed by atoms with E-state index in [1.54, 1.807) is 0 Å². The Kier molecular flexibility index (Phi) is 8.59. The zero-order valence-corrected chi connectivity index (χ0v) is 27.3. The molecule has 236 valence electrons. The number of aryl methyl sites for hydroxylation is 1. The predicted octanol–water partition coefficient (Wildman–Crippen LogP) is 5.46. The lowest BCUT2D eigenvalue weighted by Crippen LogP contribution is -2.55. The van der Waals surface area contributed by atoms with Crippen molar-refractivity contribution >= 4 is 28.4 Å². The largest absolute Gasteiger partial charge is 0.462 e. The lowest BCUT2D eigenvalue weighted by atomic mass is 10.0. The molecule has 2 fully saturated rings. The molecule has 9 heteroatoms. The Morgan fingerprint density at radius 1 is 1.00 bits per heavy atom. The zero-order chi connectivity index (χ0) is 31.0. The van der Waals surface area contributed by atoms with Gasteiger partial charge in [-0.25, -0.2) is 4.79 Å².